The topological polar surface area (TPSA) is 65.5 Å². The summed E-state index contributed by atoms with van der Waals surface area (Å²) in [7, 11) is 1.23. The van der Waals surface area contributed by atoms with Gasteiger partial charge in [0.15, 0.2) is 0 Å². The van der Waals surface area contributed by atoms with Crippen molar-refractivity contribution in [1.29, 1.82) is 0 Å². The zero-order valence-corrected chi connectivity index (χ0v) is 11.9. The van der Waals surface area contributed by atoms with Crippen LogP contribution in [0.15, 0.2) is 48.7 Å². The summed E-state index contributed by atoms with van der Waals surface area (Å²) in [5.74, 6) is -1.41. The van der Waals surface area contributed by atoms with Gasteiger partial charge in [-0.2, -0.15) is 0 Å². The lowest BCUT2D eigenvalue weighted by Gasteiger charge is -2.16. The van der Waals surface area contributed by atoms with Crippen LogP contribution in [0.5, 0.6) is 0 Å². The summed E-state index contributed by atoms with van der Waals surface area (Å²) in [6.07, 6.45) is 0.300. The lowest BCUT2D eigenvalue weighted by molar-refractivity contribution is -0.151. The molecular formula is C15H12ClNO4. The number of esters is 2. The number of ether oxygens (including phenoxy) is 2. The molecule has 6 heteroatoms. The Hall–Kier alpha value is -2.40. The van der Waals surface area contributed by atoms with Gasteiger partial charge in [-0.05, 0) is 12.1 Å². The molecule has 1 aromatic carbocycles. The standard InChI is InChI=1S/C15H12ClNO4/c1-20-15(19)12(10-6-3-2-4-7-10)21-14(18)11-8-5-9-17-13(11)16/h2-9,12H,1H3/t12-/m1/s1. The molecule has 0 aliphatic rings. The summed E-state index contributed by atoms with van der Waals surface area (Å²) < 4.78 is 9.89. The molecule has 0 radical (unpaired) electrons. The Balaban J connectivity index is 2.26. The highest BCUT2D eigenvalue weighted by Gasteiger charge is 2.27. The minimum atomic E-state index is -1.15. The second kappa shape index (κ2) is 6.85. The minimum absolute atomic E-state index is 0.0131. The van der Waals surface area contributed by atoms with Gasteiger partial charge >= 0.3 is 11.9 Å². The minimum Gasteiger partial charge on any atom is -0.466 e. The maximum Gasteiger partial charge on any atom is 0.351 e. The average molecular weight is 306 g/mol. The molecule has 0 amide bonds. The molecule has 0 unspecified atom stereocenters. The predicted molar refractivity (Wildman–Crippen MR) is 75.9 cm³/mol. The van der Waals surface area contributed by atoms with Gasteiger partial charge in [0.25, 0.3) is 0 Å². The average Bonchev–Trinajstić information content (AvgIpc) is 2.53. The van der Waals surface area contributed by atoms with Gasteiger partial charge in [-0.15, -0.1) is 0 Å². The first kappa shape index (κ1) is 15.0. The van der Waals surface area contributed by atoms with E-state index in [0.29, 0.717) is 5.56 Å². The fraction of sp³-hybridized carbons (Fsp3) is 0.133. The lowest BCUT2D eigenvalue weighted by Crippen LogP contribution is -2.21. The SMILES string of the molecule is COC(=O)[C@H](OC(=O)c1cccnc1Cl)c1ccccc1. The van der Waals surface area contributed by atoms with Crippen molar-refractivity contribution in [3.63, 3.8) is 0 Å². The Labute approximate surface area is 126 Å². The van der Waals surface area contributed by atoms with Crippen LogP contribution < -0.4 is 0 Å². The van der Waals surface area contributed by atoms with Crippen LogP contribution in [0.25, 0.3) is 0 Å². The number of hydrogen-bond donors (Lipinski definition) is 0. The van der Waals surface area contributed by atoms with E-state index < -0.39 is 18.0 Å². The van der Waals surface area contributed by atoms with Crippen LogP contribution >= 0.6 is 11.6 Å². The Morgan fingerprint density at radius 2 is 1.86 bits per heavy atom. The van der Waals surface area contributed by atoms with E-state index >= 15 is 0 Å². The number of aromatic nitrogens is 1. The number of rotatable bonds is 4. The summed E-state index contributed by atoms with van der Waals surface area (Å²) in [5, 5.41) is 0.0131. The smallest absolute Gasteiger partial charge is 0.351 e. The third kappa shape index (κ3) is 3.58. The van der Waals surface area contributed by atoms with Crippen molar-refractivity contribution in [2.24, 2.45) is 0 Å². The monoisotopic (exact) mass is 305 g/mol. The van der Waals surface area contributed by atoms with E-state index in [2.05, 4.69) is 9.72 Å². The predicted octanol–water partition coefficient (Wildman–Crippen LogP) is 2.81. The van der Waals surface area contributed by atoms with E-state index in [1.54, 1.807) is 36.4 Å². The van der Waals surface area contributed by atoms with Crippen LogP contribution in [0.2, 0.25) is 5.15 Å². The highest BCUT2D eigenvalue weighted by molar-refractivity contribution is 6.32. The van der Waals surface area contributed by atoms with Crippen LogP contribution in [-0.2, 0) is 14.3 Å². The fourth-order valence-electron chi connectivity index (χ4n) is 1.70. The van der Waals surface area contributed by atoms with Crippen molar-refractivity contribution < 1.29 is 19.1 Å². The number of hydrogen-bond acceptors (Lipinski definition) is 5. The number of pyridine rings is 1. The van der Waals surface area contributed by atoms with Crippen LogP contribution in [-0.4, -0.2) is 24.0 Å². The largest absolute Gasteiger partial charge is 0.466 e. The number of methoxy groups -OCH3 is 1. The van der Waals surface area contributed by atoms with E-state index in [1.165, 1.54) is 19.4 Å². The van der Waals surface area contributed by atoms with Crippen molar-refractivity contribution in [2.75, 3.05) is 7.11 Å². The molecule has 1 heterocycles. The van der Waals surface area contributed by atoms with Crippen molar-refractivity contribution in [3.05, 3.63) is 64.9 Å². The number of carbonyl (C=O) groups is 2. The van der Waals surface area contributed by atoms with Crippen LogP contribution in [0, 0.1) is 0 Å². The van der Waals surface area contributed by atoms with Gasteiger partial charge in [-0.3, -0.25) is 0 Å². The molecule has 0 aliphatic carbocycles. The molecule has 0 bridgehead atoms. The van der Waals surface area contributed by atoms with E-state index in [-0.39, 0.29) is 10.7 Å². The highest BCUT2D eigenvalue weighted by atomic mass is 35.5. The van der Waals surface area contributed by atoms with E-state index in [1.807, 2.05) is 0 Å². The Morgan fingerprint density at radius 1 is 1.14 bits per heavy atom. The molecule has 21 heavy (non-hydrogen) atoms. The molecule has 1 aromatic heterocycles. The van der Waals surface area contributed by atoms with Gasteiger partial charge in [-0.25, -0.2) is 14.6 Å². The molecule has 0 spiro atoms. The quantitative estimate of drug-likeness (QED) is 0.642. The summed E-state index contributed by atoms with van der Waals surface area (Å²) in [6, 6.07) is 11.6. The van der Waals surface area contributed by atoms with Crippen LogP contribution in [0.4, 0.5) is 0 Å². The molecule has 2 rings (SSSR count). The number of carbonyl (C=O) groups excluding carboxylic acids is 2. The molecule has 1 atom stereocenters. The number of benzene rings is 1. The first-order chi connectivity index (χ1) is 10.1. The molecule has 0 saturated heterocycles. The lowest BCUT2D eigenvalue weighted by atomic mass is 10.1. The molecule has 0 fully saturated rings. The van der Waals surface area contributed by atoms with Gasteiger partial charge in [0.1, 0.15) is 5.15 Å². The molecule has 5 nitrogen and oxygen atoms in total. The third-order valence-corrected chi connectivity index (χ3v) is 3.02. The van der Waals surface area contributed by atoms with Gasteiger partial charge in [0.2, 0.25) is 6.10 Å². The summed E-state index contributed by atoms with van der Waals surface area (Å²) in [6.45, 7) is 0. The summed E-state index contributed by atoms with van der Waals surface area (Å²) in [5.41, 5.74) is 0.599. The Kier molecular flexibility index (Phi) is 4.90. The third-order valence-electron chi connectivity index (χ3n) is 2.72. The Morgan fingerprint density at radius 3 is 2.48 bits per heavy atom. The fourth-order valence-corrected chi connectivity index (χ4v) is 1.89. The van der Waals surface area contributed by atoms with Crippen LogP contribution in [0.1, 0.15) is 22.0 Å². The second-order valence-corrected chi connectivity index (χ2v) is 4.42. The first-order valence-corrected chi connectivity index (χ1v) is 6.45. The van der Waals surface area contributed by atoms with Gasteiger partial charge in [0.05, 0.1) is 12.7 Å². The zero-order chi connectivity index (χ0) is 15.2. The van der Waals surface area contributed by atoms with E-state index in [9.17, 15) is 9.59 Å². The zero-order valence-electron chi connectivity index (χ0n) is 11.2. The normalized spacial score (nSPS) is 11.5. The van der Waals surface area contributed by atoms with Gasteiger partial charge < -0.3 is 9.47 Å². The van der Waals surface area contributed by atoms with Gasteiger partial charge in [-0.1, -0.05) is 41.9 Å². The molecule has 0 N–H and O–H groups in total. The summed E-state index contributed by atoms with van der Waals surface area (Å²) in [4.78, 5) is 27.7. The van der Waals surface area contributed by atoms with Crippen LogP contribution in [0.3, 0.4) is 0 Å². The molecule has 0 saturated carbocycles. The molecule has 2 aromatic rings. The van der Waals surface area contributed by atoms with E-state index in [4.69, 9.17) is 16.3 Å². The highest BCUT2D eigenvalue weighted by Crippen LogP contribution is 2.22. The van der Waals surface area contributed by atoms with Crippen molar-refractivity contribution in [2.45, 2.75) is 6.10 Å². The maximum atomic E-state index is 12.1. The van der Waals surface area contributed by atoms with Crippen molar-refractivity contribution in [1.82, 2.24) is 4.98 Å². The summed E-state index contributed by atoms with van der Waals surface area (Å²) >= 11 is 5.83. The number of halogens is 1. The Bertz CT molecular complexity index is 645. The van der Waals surface area contributed by atoms with E-state index in [0.717, 1.165) is 0 Å². The van der Waals surface area contributed by atoms with Crippen molar-refractivity contribution >= 4 is 23.5 Å². The maximum absolute atomic E-state index is 12.1. The molecular weight excluding hydrogens is 294 g/mol. The number of nitrogens with zero attached hydrogens (tertiary/aromatic N) is 1. The molecule has 0 aliphatic heterocycles. The second-order valence-electron chi connectivity index (χ2n) is 4.06. The van der Waals surface area contributed by atoms with Crippen molar-refractivity contribution in [3.8, 4) is 0 Å². The molecule has 108 valence electrons. The van der Waals surface area contributed by atoms with Gasteiger partial charge in [0, 0.05) is 11.8 Å². The first-order valence-electron chi connectivity index (χ1n) is 6.07.